The average molecular weight is 269 g/mol. The largest absolute Gasteiger partial charge is 0.367 e. The Morgan fingerprint density at radius 2 is 2.07 bits per heavy atom. The molecule has 1 N–H and O–H groups in total. The van der Waals surface area contributed by atoms with Gasteiger partial charge in [0.05, 0.1) is 0 Å². The molecule has 1 saturated carbocycles. The maximum Gasteiger partial charge on any atom is 0.133 e. The number of nitrogens with one attached hydrogen (secondary N) is 1. The molecule has 2 rings (SSSR count). The van der Waals surface area contributed by atoms with Crippen molar-refractivity contribution in [3.63, 3.8) is 0 Å². The first-order valence-electron chi connectivity index (χ1n) is 5.14. The lowest BCUT2D eigenvalue weighted by atomic mass is 9.94. The molecule has 0 bridgehead atoms. The van der Waals surface area contributed by atoms with E-state index in [1.165, 1.54) is 0 Å². The summed E-state index contributed by atoms with van der Waals surface area (Å²) < 4.78 is 0.979. The number of halogens is 1. The number of nitrogens with zero attached hydrogens (tertiary/aromatic N) is 1. The van der Waals surface area contributed by atoms with E-state index in [0.29, 0.717) is 24.7 Å². The Hall–Kier alpha value is -0.900. The number of rotatable bonds is 2. The number of hydrogen-bond donors (Lipinski definition) is 1. The fourth-order valence-electron chi connectivity index (χ4n) is 1.75. The molecular weight excluding hydrogens is 256 g/mol. The molecule has 0 amide bonds. The van der Waals surface area contributed by atoms with E-state index in [1.807, 2.05) is 12.1 Å². The molecule has 1 fully saturated rings. The first-order chi connectivity index (χ1) is 7.24. The SMILES string of the molecule is O=C1CCC(Nc2ccc(Br)cn2)CC1. The number of pyridine rings is 1. The minimum absolute atomic E-state index is 0.386. The van der Waals surface area contributed by atoms with Gasteiger partial charge in [-0.3, -0.25) is 4.79 Å². The minimum atomic E-state index is 0.386. The van der Waals surface area contributed by atoms with Crippen molar-refractivity contribution in [1.82, 2.24) is 4.98 Å². The summed E-state index contributed by atoms with van der Waals surface area (Å²) in [5, 5.41) is 3.34. The molecule has 4 heteroatoms. The molecule has 0 unspecified atom stereocenters. The Morgan fingerprint density at radius 1 is 1.33 bits per heavy atom. The summed E-state index contributed by atoms with van der Waals surface area (Å²) in [5.74, 6) is 1.27. The number of aromatic nitrogens is 1. The van der Waals surface area contributed by atoms with E-state index in [9.17, 15) is 4.79 Å². The summed E-state index contributed by atoms with van der Waals surface area (Å²) in [6.45, 7) is 0. The quantitative estimate of drug-likeness (QED) is 0.897. The van der Waals surface area contributed by atoms with E-state index >= 15 is 0 Å². The Morgan fingerprint density at radius 3 is 2.67 bits per heavy atom. The summed E-state index contributed by atoms with van der Waals surface area (Å²) in [7, 11) is 0. The predicted octanol–water partition coefficient (Wildman–Crippen LogP) is 2.77. The third kappa shape index (κ3) is 3.02. The zero-order valence-electron chi connectivity index (χ0n) is 8.37. The van der Waals surface area contributed by atoms with E-state index in [-0.39, 0.29) is 0 Å². The Labute approximate surface area is 97.4 Å². The molecule has 0 radical (unpaired) electrons. The molecule has 0 saturated heterocycles. The fourth-order valence-corrected chi connectivity index (χ4v) is 1.99. The van der Waals surface area contributed by atoms with Crippen LogP contribution in [-0.4, -0.2) is 16.8 Å². The van der Waals surface area contributed by atoms with Gasteiger partial charge in [0, 0.05) is 29.6 Å². The average Bonchev–Trinajstić information content (AvgIpc) is 2.25. The number of anilines is 1. The molecule has 80 valence electrons. The van der Waals surface area contributed by atoms with Crippen LogP contribution < -0.4 is 5.32 Å². The molecule has 0 aliphatic heterocycles. The fraction of sp³-hybridized carbons (Fsp3) is 0.455. The Bertz CT molecular complexity index is 340. The van der Waals surface area contributed by atoms with E-state index < -0.39 is 0 Å². The van der Waals surface area contributed by atoms with Crippen molar-refractivity contribution in [3.05, 3.63) is 22.8 Å². The van der Waals surface area contributed by atoms with E-state index in [2.05, 4.69) is 26.2 Å². The molecule has 1 heterocycles. The van der Waals surface area contributed by atoms with Crippen LogP contribution in [0.5, 0.6) is 0 Å². The molecule has 1 aliphatic rings. The number of carbonyl (C=O) groups is 1. The lowest BCUT2D eigenvalue weighted by Crippen LogP contribution is -2.26. The standard InChI is InChI=1S/C11H13BrN2O/c12-8-1-6-11(13-7-8)14-9-2-4-10(15)5-3-9/h1,6-7,9H,2-5H2,(H,13,14). The second kappa shape index (κ2) is 4.75. The van der Waals surface area contributed by atoms with Crippen molar-refractivity contribution in [3.8, 4) is 0 Å². The van der Waals surface area contributed by atoms with Crippen molar-refractivity contribution < 1.29 is 4.79 Å². The summed E-state index contributed by atoms with van der Waals surface area (Å²) >= 11 is 3.34. The molecule has 0 atom stereocenters. The Balaban J connectivity index is 1.91. The van der Waals surface area contributed by atoms with Crippen molar-refractivity contribution in [2.24, 2.45) is 0 Å². The first kappa shape index (κ1) is 10.6. The van der Waals surface area contributed by atoms with Crippen molar-refractivity contribution in [2.45, 2.75) is 31.7 Å². The number of ketones is 1. The van der Waals surface area contributed by atoms with Crippen LogP contribution in [0.1, 0.15) is 25.7 Å². The first-order valence-corrected chi connectivity index (χ1v) is 5.93. The smallest absolute Gasteiger partial charge is 0.133 e. The monoisotopic (exact) mass is 268 g/mol. The molecule has 1 aromatic heterocycles. The predicted molar refractivity (Wildman–Crippen MR) is 62.8 cm³/mol. The van der Waals surface area contributed by atoms with E-state index in [1.54, 1.807) is 6.20 Å². The van der Waals surface area contributed by atoms with Crippen LogP contribution in [0, 0.1) is 0 Å². The molecule has 15 heavy (non-hydrogen) atoms. The van der Waals surface area contributed by atoms with Gasteiger partial charge < -0.3 is 5.32 Å². The number of carbonyl (C=O) groups excluding carboxylic acids is 1. The summed E-state index contributed by atoms with van der Waals surface area (Å²) in [6, 6.07) is 4.31. The van der Waals surface area contributed by atoms with Crippen molar-refractivity contribution in [2.75, 3.05) is 5.32 Å². The van der Waals surface area contributed by atoms with E-state index in [4.69, 9.17) is 0 Å². The number of Topliss-reactive ketones (excluding diaryl/α,β-unsaturated/α-hetero) is 1. The molecular formula is C11H13BrN2O. The zero-order valence-corrected chi connectivity index (χ0v) is 9.96. The van der Waals surface area contributed by atoms with Gasteiger partial charge in [-0.15, -0.1) is 0 Å². The van der Waals surface area contributed by atoms with Gasteiger partial charge in [-0.05, 0) is 40.9 Å². The van der Waals surface area contributed by atoms with Crippen LogP contribution in [0.25, 0.3) is 0 Å². The van der Waals surface area contributed by atoms with Crippen LogP contribution in [0.3, 0.4) is 0 Å². The highest BCUT2D eigenvalue weighted by molar-refractivity contribution is 9.10. The highest BCUT2D eigenvalue weighted by Crippen LogP contribution is 2.19. The van der Waals surface area contributed by atoms with Gasteiger partial charge in [0.1, 0.15) is 11.6 Å². The topological polar surface area (TPSA) is 42.0 Å². The molecule has 0 spiro atoms. The van der Waals surface area contributed by atoms with Gasteiger partial charge in [0.25, 0.3) is 0 Å². The highest BCUT2D eigenvalue weighted by atomic mass is 79.9. The summed E-state index contributed by atoms with van der Waals surface area (Å²) in [4.78, 5) is 15.3. The van der Waals surface area contributed by atoms with Crippen LogP contribution in [-0.2, 0) is 4.79 Å². The third-order valence-electron chi connectivity index (χ3n) is 2.62. The highest BCUT2D eigenvalue weighted by Gasteiger charge is 2.18. The van der Waals surface area contributed by atoms with Crippen LogP contribution >= 0.6 is 15.9 Å². The van der Waals surface area contributed by atoms with Gasteiger partial charge >= 0.3 is 0 Å². The zero-order chi connectivity index (χ0) is 10.7. The van der Waals surface area contributed by atoms with Gasteiger partial charge in [0.2, 0.25) is 0 Å². The maximum atomic E-state index is 11.1. The molecule has 3 nitrogen and oxygen atoms in total. The van der Waals surface area contributed by atoms with Crippen LogP contribution in [0.2, 0.25) is 0 Å². The van der Waals surface area contributed by atoms with Gasteiger partial charge in [-0.1, -0.05) is 0 Å². The normalized spacial score (nSPS) is 17.8. The molecule has 1 aromatic rings. The lowest BCUT2D eigenvalue weighted by molar-refractivity contribution is -0.120. The van der Waals surface area contributed by atoms with Crippen molar-refractivity contribution >= 4 is 27.5 Å². The summed E-state index contributed by atoms with van der Waals surface area (Å²) in [5.41, 5.74) is 0. The van der Waals surface area contributed by atoms with Gasteiger partial charge in [-0.25, -0.2) is 4.98 Å². The minimum Gasteiger partial charge on any atom is -0.367 e. The second-order valence-corrected chi connectivity index (χ2v) is 4.73. The van der Waals surface area contributed by atoms with Gasteiger partial charge in [-0.2, -0.15) is 0 Å². The van der Waals surface area contributed by atoms with Crippen LogP contribution in [0.15, 0.2) is 22.8 Å². The third-order valence-corrected chi connectivity index (χ3v) is 3.09. The number of hydrogen-bond acceptors (Lipinski definition) is 3. The van der Waals surface area contributed by atoms with Crippen molar-refractivity contribution in [1.29, 1.82) is 0 Å². The maximum absolute atomic E-state index is 11.1. The molecule has 1 aliphatic carbocycles. The Kier molecular flexibility index (Phi) is 3.36. The summed E-state index contributed by atoms with van der Waals surface area (Å²) in [6.07, 6.45) is 5.03. The van der Waals surface area contributed by atoms with E-state index in [0.717, 1.165) is 23.1 Å². The van der Waals surface area contributed by atoms with Gasteiger partial charge in [0.15, 0.2) is 0 Å². The lowest BCUT2D eigenvalue weighted by Gasteiger charge is -2.22. The second-order valence-electron chi connectivity index (χ2n) is 3.82. The van der Waals surface area contributed by atoms with Crippen LogP contribution in [0.4, 0.5) is 5.82 Å². The molecule has 0 aromatic carbocycles.